The van der Waals surface area contributed by atoms with Crippen molar-refractivity contribution in [1.29, 1.82) is 0 Å². The Balaban J connectivity index is 2.39. The fourth-order valence-corrected chi connectivity index (χ4v) is 1.04. The van der Waals surface area contributed by atoms with Crippen LogP contribution in [0.15, 0.2) is 24.5 Å². The minimum absolute atomic E-state index is 0.129. The van der Waals surface area contributed by atoms with Crippen LogP contribution in [0.5, 0.6) is 5.88 Å². The Kier molecular flexibility index (Phi) is 2.26. The molecule has 0 atom stereocenters. The van der Waals surface area contributed by atoms with E-state index in [9.17, 15) is 13.2 Å². The van der Waals surface area contributed by atoms with Gasteiger partial charge in [0.05, 0.1) is 0 Å². The van der Waals surface area contributed by atoms with Gasteiger partial charge < -0.3 is 5.11 Å². The second kappa shape index (κ2) is 3.47. The molecule has 2 aromatic rings. The molecule has 16 heavy (non-hydrogen) atoms. The molecule has 0 radical (unpaired) electrons. The quantitative estimate of drug-likeness (QED) is 0.803. The predicted octanol–water partition coefficient (Wildman–Crippen LogP) is 1.39. The Morgan fingerprint density at radius 3 is 2.56 bits per heavy atom. The summed E-state index contributed by atoms with van der Waals surface area (Å²) in [7, 11) is 0. The summed E-state index contributed by atoms with van der Waals surface area (Å²) < 4.78 is 37.5. The molecule has 2 rings (SSSR count). The molecule has 0 aliphatic heterocycles. The molecule has 2 heterocycles. The first-order valence-electron chi connectivity index (χ1n) is 4.12. The Morgan fingerprint density at radius 1 is 1.25 bits per heavy atom. The van der Waals surface area contributed by atoms with Crippen molar-refractivity contribution in [2.45, 2.75) is 6.18 Å². The highest BCUT2D eigenvalue weighted by Crippen LogP contribution is 2.27. The van der Waals surface area contributed by atoms with Crippen molar-refractivity contribution >= 4 is 0 Å². The van der Waals surface area contributed by atoms with Crippen LogP contribution in [0.1, 0.15) is 5.69 Å². The molecule has 0 unspecified atom stereocenters. The highest BCUT2D eigenvalue weighted by Gasteiger charge is 2.33. The molecule has 84 valence electrons. The smallest absolute Gasteiger partial charge is 0.435 e. The molecule has 8 heteroatoms. The van der Waals surface area contributed by atoms with Crippen molar-refractivity contribution in [2.24, 2.45) is 0 Å². The van der Waals surface area contributed by atoms with E-state index in [2.05, 4.69) is 15.1 Å². The van der Waals surface area contributed by atoms with Crippen LogP contribution in [0.4, 0.5) is 13.2 Å². The number of hydrogen-bond acceptors (Lipinski definition) is 4. The number of halogens is 3. The van der Waals surface area contributed by atoms with Gasteiger partial charge in [0.2, 0.25) is 5.88 Å². The summed E-state index contributed by atoms with van der Waals surface area (Å²) in [4.78, 5) is 7.18. The van der Waals surface area contributed by atoms with Crippen molar-refractivity contribution in [3.63, 3.8) is 0 Å². The maximum absolute atomic E-state index is 12.2. The lowest BCUT2D eigenvalue weighted by Crippen LogP contribution is -2.08. The van der Waals surface area contributed by atoms with E-state index in [1.807, 2.05) is 0 Å². The van der Waals surface area contributed by atoms with Gasteiger partial charge in [-0.2, -0.15) is 23.3 Å². The summed E-state index contributed by atoms with van der Waals surface area (Å²) in [5, 5.41) is 12.3. The Bertz CT molecular complexity index is 508. The lowest BCUT2D eigenvalue weighted by Gasteiger charge is -2.01. The highest BCUT2D eigenvalue weighted by molar-refractivity contribution is 5.17. The second-order valence-corrected chi connectivity index (χ2v) is 2.86. The van der Waals surface area contributed by atoms with Crippen molar-refractivity contribution < 1.29 is 18.3 Å². The van der Waals surface area contributed by atoms with Gasteiger partial charge in [0.25, 0.3) is 5.95 Å². The van der Waals surface area contributed by atoms with Gasteiger partial charge in [0.1, 0.15) is 0 Å². The molecule has 0 bridgehead atoms. The van der Waals surface area contributed by atoms with Crippen molar-refractivity contribution in [3.8, 4) is 11.8 Å². The zero-order chi connectivity index (χ0) is 11.8. The Hall–Kier alpha value is -2.12. The molecule has 5 nitrogen and oxygen atoms in total. The molecule has 0 aliphatic rings. The van der Waals surface area contributed by atoms with E-state index in [0.717, 1.165) is 16.9 Å². The van der Waals surface area contributed by atoms with Crippen molar-refractivity contribution in [1.82, 2.24) is 19.7 Å². The van der Waals surface area contributed by atoms with Gasteiger partial charge in [-0.25, -0.2) is 9.67 Å². The molecule has 0 fully saturated rings. The van der Waals surface area contributed by atoms with E-state index in [0.29, 0.717) is 0 Å². The van der Waals surface area contributed by atoms with E-state index in [-0.39, 0.29) is 11.8 Å². The fourth-order valence-electron chi connectivity index (χ4n) is 1.04. The van der Waals surface area contributed by atoms with Crippen LogP contribution in [0.25, 0.3) is 5.95 Å². The monoisotopic (exact) mass is 230 g/mol. The molecular formula is C8H5F3N4O. The average molecular weight is 230 g/mol. The normalized spacial score (nSPS) is 11.7. The predicted molar refractivity (Wildman–Crippen MR) is 45.8 cm³/mol. The molecule has 0 saturated carbocycles. The van der Waals surface area contributed by atoms with Gasteiger partial charge in [-0.1, -0.05) is 0 Å². The maximum atomic E-state index is 12.2. The van der Waals surface area contributed by atoms with Crippen LogP contribution in [-0.2, 0) is 6.18 Å². The SMILES string of the molecule is Oc1ccnc(-n2ccc(C(F)(F)F)n2)n1. The third kappa shape index (κ3) is 1.95. The van der Waals surface area contributed by atoms with Gasteiger partial charge in [-0.15, -0.1) is 0 Å². The number of rotatable bonds is 1. The Labute approximate surface area is 87.2 Å². The third-order valence-corrected chi connectivity index (χ3v) is 1.71. The molecular weight excluding hydrogens is 225 g/mol. The van der Waals surface area contributed by atoms with Crippen LogP contribution < -0.4 is 0 Å². The second-order valence-electron chi connectivity index (χ2n) is 2.86. The third-order valence-electron chi connectivity index (χ3n) is 1.71. The van der Waals surface area contributed by atoms with E-state index < -0.39 is 11.9 Å². The Morgan fingerprint density at radius 2 is 2.00 bits per heavy atom. The largest absolute Gasteiger partial charge is 0.493 e. The maximum Gasteiger partial charge on any atom is 0.435 e. The van der Waals surface area contributed by atoms with Gasteiger partial charge in [0.15, 0.2) is 5.69 Å². The summed E-state index contributed by atoms with van der Waals surface area (Å²) in [5.74, 6) is -0.468. The molecule has 0 aromatic carbocycles. The van der Waals surface area contributed by atoms with Crippen LogP contribution in [0.2, 0.25) is 0 Å². The van der Waals surface area contributed by atoms with E-state index in [1.54, 1.807) is 0 Å². The molecule has 0 saturated heterocycles. The first-order chi connectivity index (χ1) is 7.47. The molecule has 2 aromatic heterocycles. The lowest BCUT2D eigenvalue weighted by molar-refractivity contribution is -0.141. The minimum Gasteiger partial charge on any atom is -0.493 e. The average Bonchev–Trinajstić information content (AvgIpc) is 2.65. The number of alkyl halides is 3. The molecule has 0 aliphatic carbocycles. The number of aromatic hydroxyl groups is 1. The summed E-state index contributed by atoms with van der Waals surface area (Å²) in [6.45, 7) is 0. The zero-order valence-electron chi connectivity index (χ0n) is 7.68. The standard InChI is InChI=1S/C8H5F3N4O/c9-8(10,11)5-2-4-15(14-5)7-12-3-1-6(16)13-7/h1-4H,(H,12,13,16). The van der Waals surface area contributed by atoms with Crippen LogP contribution in [0.3, 0.4) is 0 Å². The fraction of sp³-hybridized carbons (Fsp3) is 0.125. The summed E-state index contributed by atoms with van der Waals surface area (Å²) in [6, 6.07) is 2.01. The van der Waals surface area contributed by atoms with Gasteiger partial charge in [0, 0.05) is 18.5 Å². The summed E-state index contributed by atoms with van der Waals surface area (Å²) in [5.41, 5.74) is -1.04. The number of hydrogen-bond donors (Lipinski definition) is 1. The van der Waals surface area contributed by atoms with Gasteiger partial charge in [-0.05, 0) is 6.07 Å². The first-order valence-corrected chi connectivity index (χ1v) is 4.12. The van der Waals surface area contributed by atoms with Gasteiger partial charge in [-0.3, -0.25) is 0 Å². The zero-order valence-corrected chi connectivity index (χ0v) is 7.68. The van der Waals surface area contributed by atoms with Crippen LogP contribution in [-0.4, -0.2) is 24.9 Å². The summed E-state index contributed by atoms with van der Waals surface area (Å²) in [6.07, 6.45) is -2.23. The van der Waals surface area contributed by atoms with Crippen molar-refractivity contribution in [2.75, 3.05) is 0 Å². The molecule has 1 N–H and O–H groups in total. The highest BCUT2D eigenvalue weighted by atomic mass is 19.4. The summed E-state index contributed by atoms with van der Waals surface area (Å²) >= 11 is 0. The van der Waals surface area contributed by atoms with E-state index >= 15 is 0 Å². The lowest BCUT2D eigenvalue weighted by atomic mass is 10.4. The molecule has 0 amide bonds. The number of aromatic nitrogens is 4. The molecule has 0 spiro atoms. The number of nitrogens with zero attached hydrogens (tertiary/aromatic N) is 4. The van der Waals surface area contributed by atoms with Crippen LogP contribution in [0, 0.1) is 0 Å². The minimum atomic E-state index is -4.51. The van der Waals surface area contributed by atoms with E-state index in [4.69, 9.17) is 5.11 Å². The van der Waals surface area contributed by atoms with Crippen molar-refractivity contribution in [3.05, 3.63) is 30.2 Å². The van der Waals surface area contributed by atoms with E-state index in [1.165, 1.54) is 12.3 Å². The van der Waals surface area contributed by atoms with Gasteiger partial charge >= 0.3 is 6.18 Å². The first kappa shape index (κ1) is 10.4. The topological polar surface area (TPSA) is 63.8 Å². The van der Waals surface area contributed by atoms with Crippen LogP contribution >= 0.6 is 0 Å².